The van der Waals surface area contributed by atoms with Gasteiger partial charge in [0, 0.05) is 20.2 Å². The minimum absolute atomic E-state index is 0.665. The van der Waals surface area contributed by atoms with Gasteiger partial charge in [-0.3, -0.25) is 0 Å². The quantitative estimate of drug-likeness (QED) is 0.541. The summed E-state index contributed by atoms with van der Waals surface area (Å²) in [6.45, 7) is 4.59. The van der Waals surface area contributed by atoms with E-state index < -0.39 is 0 Å². The predicted molar refractivity (Wildman–Crippen MR) is 82.7 cm³/mol. The number of hydrogen-bond acceptors (Lipinski definition) is 1. The third kappa shape index (κ3) is 1.93. The van der Waals surface area contributed by atoms with Gasteiger partial charge in [0.1, 0.15) is 0 Å². The van der Waals surface area contributed by atoms with Crippen LogP contribution in [-0.4, -0.2) is 0 Å². The largest absolute Gasteiger partial charge is 0.135 e. The van der Waals surface area contributed by atoms with E-state index in [1.54, 1.807) is 0 Å². The monoisotopic (exact) mass is 254 g/mol. The zero-order valence-electron chi connectivity index (χ0n) is 10.9. The van der Waals surface area contributed by atoms with Crippen LogP contribution in [0.1, 0.15) is 38.2 Å². The molecule has 1 unspecified atom stereocenters. The molecule has 0 aliphatic heterocycles. The average Bonchev–Trinajstić information content (AvgIpc) is 2.76. The molecule has 0 saturated heterocycles. The van der Waals surface area contributed by atoms with E-state index in [2.05, 4.69) is 56.3 Å². The van der Waals surface area contributed by atoms with Crippen molar-refractivity contribution in [3.05, 3.63) is 48.0 Å². The smallest absolute Gasteiger partial charge is 0.0355 e. The first-order chi connectivity index (χ1) is 8.79. The van der Waals surface area contributed by atoms with Crippen molar-refractivity contribution in [3.63, 3.8) is 0 Å². The summed E-state index contributed by atoms with van der Waals surface area (Å²) in [7, 11) is 0. The fourth-order valence-corrected chi connectivity index (χ4v) is 3.74. The lowest BCUT2D eigenvalue weighted by Gasteiger charge is -2.10. The van der Waals surface area contributed by atoms with Crippen molar-refractivity contribution in [2.24, 2.45) is 0 Å². The summed E-state index contributed by atoms with van der Waals surface area (Å²) in [6.07, 6.45) is 2.52. The maximum absolute atomic E-state index is 2.40. The van der Waals surface area contributed by atoms with Gasteiger partial charge in [-0.25, -0.2) is 0 Å². The molecule has 2 aromatic carbocycles. The standard InChI is InChI=1S/C17H18S/c1-3-6-12(2)13-9-10-17-15(11-13)14-7-4-5-8-16(14)18-17/h4-5,7-12H,3,6H2,1-2H3. The zero-order chi connectivity index (χ0) is 12.5. The lowest BCUT2D eigenvalue weighted by Crippen LogP contribution is -1.91. The number of thiophene rings is 1. The van der Waals surface area contributed by atoms with Crippen molar-refractivity contribution < 1.29 is 0 Å². The minimum Gasteiger partial charge on any atom is -0.135 e. The molecule has 1 heterocycles. The third-order valence-corrected chi connectivity index (χ3v) is 4.84. The van der Waals surface area contributed by atoms with E-state index in [0.717, 1.165) is 0 Å². The Morgan fingerprint density at radius 2 is 1.78 bits per heavy atom. The van der Waals surface area contributed by atoms with Crippen LogP contribution in [0.2, 0.25) is 0 Å². The molecule has 1 aromatic heterocycles. The fraction of sp³-hybridized carbons (Fsp3) is 0.294. The second kappa shape index (κ2) is 4.74. The van der Waals surface area contributed by atoms with Gasteiger partial charge in [0.15, 0.2) is 0 Å². The summed E-state index contributed by atoms with van der Waals surface area (Å²) >= 11 is 1.90. The van der Waals surface area contributed by atoms with Gasteiger partial charge >= 0.3 is 0 Å². The maximum Gasteiger partial charge on any atom is 0.0355 e. The van der Waals surface area contributed by atoms with Gasteiger partial charge in [-0.15, -0.1) is 11.3 Å². The van der Waals surface area contributed by atoms with Crippen LogP contribution in [0.25, 0.3) is 20.2 Å². The highest BCUT2D eigenvalue weighted by Gasteiger charge is 2.08. The zero-order valence-corrected chi connectivity index (χ0v) is 11.8. The van der Waals surface area contributed by atoms with Crippen molar-refractivity contribution in [1.29, 1.82) is 0 Å². The van der Waals surface area contributed by atoms with Crippen LogP contribution in [0, 0.1) is 0 Å². The van der Waals surface area contributed by atoms with Crippen LogP contribution < -0.4 is 0 Å². The van der Waals surface area contributed by atoms with Gasteiger partial charge < -0.3 is 0 Å². The summed E-state index contributed by atoms with van der Waals surface area (Å²) in [5, 5.41) is 2.83. The van der Waals surface area contributed by atoms with E-state index >= 15 is 0 Å². The molecule has 0 saturated carbocycles. The van der Waals surface area contributed by atoms with E-state index in [1.807, 2.05) is 11.3 Å². The molecule has 0 aliphatic carbocycles. The second-order valence-electron chi connectivity index (χ2n) is 5.04. The van der Waals surface area contributed by atoms with E-state index in [-0.39, 0.29) is 0 Å². The lowest BCUT2D eigenvalue weighted by molar-refractivity contribution is 0.666. The molecular formula is C17H18S. The van der Waals surface area contributed by atoms with Gasteiger partial charge in [-0.2, -0.15) is 0 Å². The maximum atomic E-state index is 2.40. The number of fused-ring (bicyclic) bond motifs is 3. The van der Waals surface area contributed by atoms with Crippen LogP contribution in [0.5, 0.6) is 0 Å². The Labute approximate surface area is 112 Å². The Balaban J connectivity index is 2.18. The molecule has 1 atom stereocenters. The molecular weight excluding hydrogens is 236 g/mol. The molecule has 18 heavy (non-hydrogen) atoms. The molecule has 0 radical (unpaired) electrons. The predicted octanol–water partition coefficient (Wildman–Crippen LogP) is 5.96. The topological polar surface area (TPSA) is 0 Å². The SMILES string of the molecule is CCCC(C)c1ccc2sc3ccccc3c2c1. The van der Waals surface area contributed by atoms with Crippen LogP contribution in [0.4, 0.5) is 0 Å². The molecule has 92 valence electrons. The summed E-state index contributed by atoms with van der Waals surface area (Å²) in [5.41, 5.74) is 1.48. The van der Waals surface area contributed by atoms with Gasteiger partial charge in [-0.1, -0.05) is 44.5 Å². The normalized spacial score (nSPS) is 13.2. The first kappa shape index (κ1) is 11.7. The highest BCUT2D eigenvalue weighted by molar-refractivity contribution is 7.25. The van der Waals surface area contributed by atoms with Crippen molar-refractivity contribution in [2.45, 2.75) is 32.6 Å². The number of hydrogen-bond donors (Lipinski definition) is 0. The van der Waals surface area contributed by atoms with Gasteiger partial charge in [0.2, 0.25) is 0 Å². The Morgan fingerprint density at radius 1 is 1.00 bits per heavy atom. The van der Waals surface area contributed by atoms with Crippen molar-refractivity contribution >= 4 is 31.5 Å². The average molecular weight is 254 g/mol. The first-order valence-electron chi connectivity index (χ1n) is 6.71. The van der Waals surface area contributed by atoms with Crippen LogP contribution >= 0.6 is 11.3 Å². The molecule has 0 amide bonds. The molecule has 0 aliphatic rings. The summed E-state index contributed by atoms with van der Waals surface area (Å²) < 4.78 is 2.80. The second-order valence-corrected chi connectivity index (χ2v) is 6.13. The fourth-order valence-electron chi connectivity index (χ4n) is 2.65. The molecule has 1 heteroatoms. The molecule has 0 spiro atoms. The van der Waals surface area contributed by atoms with E-state index in [0.29, 0.717) is 5.92 Å². The summed E-state index contributed by atoms with van der Waals surface area (Å²) in [5.74, 6) is 0.665. The molecule has 3 rings (SSSR count). The molecule has 0 nitrogen and oxygen atoms in total. The van der Waals surface area contributed by atoms with E-state index in [4.69, 9.17) is 0 Å². The Bertz CT molecular complexity index is 678. The van der Waals surface area contributed by atoms with Crippen LogP contribution in [0.15, 0.2) is 42.5 Å². The summed E-state index contributed by atoms with van der Waals surface area (Å²) in [6, 6.07) is 15.7. The van der Waals surface area contributed by atoms with Crippen molar-refractivity contribution in [2.75, 3.05) is 0 Å². The Kier molecular flexibility index (Phi) is 3.09. The van der Waals surface area contributed by atoms with Crippen molar-refractivity contribution in [3.8, 4) is 0 Å². The third-order valence-electron chi connectivity index (χ3n) is 3.69. The van der Waals surface area contributed by atoms with Gasteiger partial charge in [-0.05, 0) is 36.1 Å². The Morgan fingerprint density at radius 3 is 2.61 bits per heavy atom. The number of benzene rings is 2. The highest BCUT2D eigenvalue weighted by atomic mass is 32.1. The lowest BCUT2D eigenvalue weighted by atomic mass is 9.95. The molecule has 0 bridgehead atoms. The van der Waals surface area contributed by atoms with Gasteiger partial charge in [0.25, 0.3) is 0 Å². The highest BCUT2D eigenvalue weighted by Crippen LogP contribution is 2.35. The minimum atomic E-state index is 0.665. The number of rotatable bonds is 3. The molecule has 0 N–H and O–H groups in total. The van der Waals surface area contributed by atoms with Crippen molar-refractivity contribution in [1.82, 2.24) is 0 Å². The summed E-state index contributed by atoms with van der Waals surface area (Å²) in [4.78, 5) is 0. The molecule has 3 aromatic rings. The Hall–Kier alpha value is -1.34. The van der Waals surface area contributed by atoms with Gasteiger partial charge in [0.05, 0.1) is 0 Å². The van der Waals surface area contributed by atoms with E-state index in [1.165, 1.54) is 38.6 Å². The van der Waals surface area contributed by atoms with Crippen LogP contribution in [0.3, 0.4) is 0 Å². The van der Waals surface area contributed by atoms with Crippen LogP contribution in [-0.2, 0) is 0 Å². The molecule has 0 fully saturated rings. The first-order valence-corrected chi connectivity index (χ1v) is 7.52. The van der Waals surface area contributed by atoms with E-state index in [9.17, 15) is 0 Å².